The molecular formula is C22H22ClNO3S. The predicted octanol–water partition coefficient (Wildman–Crippen LogP) is 5.67. The van der Waals surface area contributed by atoms with Gasteiger partial charge in [-0.3, -0.25) is 4.79 Å². The Morgan fingerprint density at radius 1 is 1.18 bits per heavy atom. The van der Waals surface area contributed by atoms with E-state index >= 15 is 0 Å². The molecule has 0 N–H and O–H groups in total. The van der Waals surface area contributed by atoms with E-state index in [9.17, 15) is 9.59 Å². The fourth-order valence-electron chi connectivity index (χ4n) is 3.16. The number of carbonyl (C=O) groups excluding carboxylic acids is 2. The van der Waals surface area contributed by atoms with Crippen molar-refractivity contribution in [3.63, 3.8) is 0 Å². The number of nitrogens with zero attached hydrogens (tertiary/aromatic N) is 1. The third kappa shape index (κ3) is 3.74. The first kappa shape index (κ1) is 20.6. The number of aryl methyl sites for hydroxylation is 3. The Hall–Kier alpha value is -2.11. The molecule has 2 heterocycles. The van der Waals surface area contributed by atoms with Crippen molar-refractivity contribution < 1.29 is 14.3 Å². The maximum atomic E-state index is 13.0. The topological polar surface area (TPSA) is 56.3 Å². The highest BCUT2D eigenvalue weighted by atomic mass is 35.5. The molecule has 0 fully saturated rings. The van der Waals surface area contributed by atoms with Gasteiger partial charge >= 0.3 is 5.97 Å². The Kier molecular flexibility index (Phi) is 5.69. The Balaban J connectivity index is 2.13. The monoisotopic (exact) mass is 415 g/mol. The molecule has 1 atom stereocenters. The highest BCUT2D eigenvalue weighted by molar-refractivity contribution is 8.16. The molecule has 1 aromatic carbocycles. The average Bonchev–Trinajstić information content (AvgIpc) is 2.89. The zero-order valence-electron chi connectivity index (χ0n) is 16.6. The van der Waals surface area contributed by atoms with Gasteiger partial charge in [0.15, 0.2) is 0 Å². The molecule has 2 aromatic rings. The standard InChI is InChI=1S/C22H22ClNO3S/c1-6-22(5)19(27-20(25)15-7-8-17(23)24-11-15)18(21(26)28-22)16-10-13(3)12(2)9-14(16)4/h7-11H,6H2,1-5H3. The minimum Gasteiger partial charge on any atom is -0.425 e. The molecule has 0 radical (unpaired) electrons. The summed E-state index contributed by atoms with van der Waals surface area (Å²) in [6.45, 7) is 9.93. The van der Waals surface area contributed by atoms with Crippen molar-refractivity contribution >= 4 is 40.0 Å². The maximum Gasteiger partial charge on any atom is 0.344 e. The van der Waals surface area contributed by atoms with Gasteiger partial charge in [0.1, 0.15) is 10.9 Å². The van der Waals surface area contributed by atoms with E-state index in [2.05, 4.69) is 11.1 Å². The molecule has 0 bridgehead atoms. The molecule has 3 rings (SSSR count). The predicted molar refractivity (Wildman–Crippen MR) is 114 cm³/mol. The van der Waals surface area contributed by atoms with Crippen molar-refractivity contribution in [2.75, 3.05) is 0 Å². The fraction of sp³-hybridized carbons (Fsp3) is 0.318. The summed E-state index contributed by atoms with van der Waals surface area (Å²) in [7, 11) is 0. The zero-order chi connectivity index (χ0) is 20.6. The summed E-state index contributed by atoms with van der Waals surface area (Å²) < 4.78 is 5.22. The van der Waals surface area contributed by atoms with Gasteiger partial charge in [-0.2, -0.15) is 0 Å². The number of pyridine rings is 1. The molecule has 0 aliphatic carbocycles. The van der Waals surface area contributed by atoms with Crippen LogP contribution >= 0.6 is 23.4 Å². The van der Waals surface area contributed by atoms with Crippen LogP contribution in [0.3, 0.4) is 0 Å². The summed E-state index contributed by atoms with van der Waals surface area (Å²) in [6.07, 6.45) is 2.03. The Bertz CT molecular complexity index is 998. The van der Waals surface area contributed by atoms with Crippen LogP contribution in [0.25, 0.3) is 5.57 Å². The second-order valence-corrected chi connectivity index (χ2v) is 9.05. The summed E-state index contributed by atoms with van der Waals surface area (Å²) in [4.78, 5) is 29.6. The van der Waals surface area contributed by atoms with E-state index in [1.807, 2.05) is 40.7 Å². The molecule has 1 unspecified atom stereocenters. The second-order valence-electron chi connectivity index (χ2n) is 7.19. The van der Waals surface area contributed by atoms with Gasteiger partial charge < -0.3 is 4.74 Å². The number of rotatable bonds is 4. The number of esters is 1. The number of thioether (sulfide) groups is 1. The maximum absolute atomic E-state index is 13.0. The first-order valence-corrected chi connectivity index (χ1v) is 10.3. The van der Waals surface area contributed by atoms with Crippen LogP contribution in [0, 0.1) is 20.8 Å². The highest BCUT2D eigenvalue weighted by Gasteiger charge is 2.45. The lowest BCUT2D eigenvalue weighted by Crippen LogP contribution is -2.23. The summed E-state index contributed by atoms with van der Waals surface area (Å²) in [5.74, 6) is -0.135. The SMILES string of the molecule is CCC1(C)SC(=O)C(c2cc(C)c(C)cc2C)=C1OC(=O)c1ccc(Cl)nc1. The summed E-state index contributed by atoms with van der Waals surface area (Å²) in [5.41, 5.74) is 4.80. The molecule has 0 saturated heterocycles. The van der Waals surface area contributed by atoms with Gasteiger partial charge in [-0.15, -0.1) is 0 Å². The summed E-state index contributed by atoms with van der Waals surface area (Å²) >= 11 is 7.01. The van der Waals surface area contributed by atoms with Crippen LogP contribution in [0.1, 0.15) is 52.9 Å². The van der Waals surface area contributed by atoms with Crippen molar-refractivity contribution in [1.82, 2.24) is 4.98 Å². The van der Waals surface area contributed by atoms with Gasteiger partial charge in [0.05, 0.1) is 15.9 Å². The van der Waals surface area contributed by atoms with Crippen molar-refractivity contribution in [2.45, 2.75) is 45.8 Å². The quantitative estimate of drug-likeness (QED) is 0.475. The van der Waals surface area contributed by atoms with Crippen LogP contribution < -0.4 is 0 Å². The number of hydrogen-bond acceptors (Lipinski definition) is 5. The number of benzene rings is 1. The van der Waals surface area contributed by atoms with Crippen LogP contribution in [0.15, 0.2) is 36.2 Å². The van der Waals surface area contributed by atoms with E-state index < -0.39 is 10.7 Å². The highest BCUT2D eigenvalue weighted by Crippen LogP contribution is 2.50. The van der Waals surface area contributed by atoms with Gasteiger partial charge in [0, 0.05) is 6.20 Å². The van der Waals surface area contributed by atoms with Crippen LogP contribution in [0.2, 0.25) is 5.15 Å². The third-order valence-corrected chi connectivity index (χ3v) is 6.71. The smallest absolute Gasteiger partial charge is 0.344 e. The molecule has 0 spiro atoms. The van der Waals surface area contributed by atoms with Gasteiger partial charge in [0.25, 0.3) is 0 Å². The van der Waals surface area contributed by atoms with Gasteiger partial charge in [-0.05, 0) is 68.5 Å². The van der Waals surface area contributed by atoms with Crippen molar-refractivity contribution in [1.29, 1.82) is 0 Å². The number of aromatic nitrogens is 1. The minimum absolute atomic E-state index is 0.0762. The second kappa shape index (κ2) is 7.72. The van der Waals surface area contributed by atoms with Crippen LogP contribution in [0.4, 0.5) is 0 Å². The lowest BCUT2D eigenvalue weighted by Gasteiger charge is -2.24. The van der Waals surface area contributed by atoms with Crippen LogP contribution in [-0.4, -0.2) is 20.8 Å². The molecule has 6 heteroatoms. The lowest BCUT2D eigenvalue weighted by atomic mass is 9.92. The molecule has 146 valence electrons. The fourth-order valence-corrected chi connectivity index (χ4v) is 4.37. The molecule has 1 aromatic heterocycles. The van der Waals surface area contributed by atoms with Crippen LogP contribution in [0.5, 0.6) is 0 Å². The van der Waals surface area contributed by atoms with E-state index in [1.165, 1.54) is 24.0 Å². The zero-order valence-corrected chi connectivity index (χ0v) is 18.1. The molecule has 1 aliphatic heterocycles. The lowest BCUT2D eigenvalue weighted by molar-refractivity contribution is -0.106. The summed E-state index contributed by atoms with van der Waals surface area (Å²) in [5, 5.41) is 0.222. The van der Waals surface area contributed by atoms with Gasteiger partial charge in [-0.25, -0.2) is 9.78 Å². The number of ether oxygens (including phenoxy) is 1. The van der Waals surface area contributed by atoms with Crippen LogP contribution in [-0.2, 0) is 9.53 Å². The minimum atomic E-state index is -0.604. The molecular weight excluding hydrogens is 394 g/mol. The van der Waals surface area contributed by atoms with E-state index in [0.717, 1.165) is 22.3 Å². The normalized spacial score (nSPS) is 19.3. The largest absolute Gasteiger partial charge is 0.425 e. The molecule has 0 saturated carbocycles. The first-order chi connectivity index (χ1) is 13.2. The number of hydrogen-bond donors (Lipinski definition) is 0. The van der Waals surface area contributed by atoms with E-state index in [-0.39, 0.29) is 10.7 Å². The van der Waals surface area contributed by atoms with Crippen molar-refractivity contribution in [3.05, 3.63) is 69.2 Å². The summed E-state index contributed by atoms with van der Waals surface area (Å²) in [6, 6.07) is 7.15. The Labute approximate surface area is 174 Å². The molecule has 28 heavy (non-hydrogen) atoms. The van der Waals surface area contributed by atoms with Gasteiger partial charge in [0.2, 0.25) is 5.12 Å². The average molecular weight is 416 g/mol. The Morgan fingerprint density at radius 3 is 2.46 bits per heavy atom. The molecule has 1 aliphatic rings. The Morgan fingerprint density at radius 2 is 1.86 bits per heavy atom. The van der Waals surface area contributed by atoms with E-state index in [1.54, 1.807) is 6.07 Å². The third-order valence-electron chi connectivity index (χ3n) is 5.17. The van der Waals surface area contributed by atoms with Crippen molar-refractivity contribution in [3.8, 4) is 0 Å². The molecule has 0 amide bonds. The first-order valence-electron chi connectivity index (χ1n) is 9.06. The molecule has 4 nitrogen and oxygen atoms in total. The van der Waals surface area contributed by atoms with Crippen molar-refractivity contribution in [2.24, 2.45) is 0 Å². The number of halogens is 1. The van der Waals surface area contributed by atoms with Gasteiger partial charge in [-0.1, -0.05) is 42.4 Å². The van der Waals surface area contributed by atoms with E-state index in [0.29, 0.717) is 22.9 Å². The van der Waals surface area contributed by atoms with E-state index in [4.69, 9.17) is 16.3 Å². The number of carbonyl (C=O) groups is 2.